The van der Waals surface area contributed by atoms with E-state index in [0.29, 0.717) is 18.0 Å². The maximum absolute atomic E-state index is 11.5. The highest BCUT2D eigenvalue weighted by Crippen LogP contribution is 2.23. The lowest BCUT2D eigenvalue weighted by atomic mass is 10.3. The lowest BCUT2D eigenvalue weighted by Crippen LogP contribution is -2.11. The van der Waals surface area contributed by atoms with Gasteiger partial charge in [0.2, 0.25) is 0 Å². The van der Waals surface area contributed by atoms with Crippen molar-refractivity contribution in [3.63, 3.8) is 0 Å². The summed E-state index contributed by atoms with van der Waals surface area (Å²) in [5.74, 6) is 1.23. The Bertz CT molecular complexity index is 712. The Balaban J connectivity index is 1.83. The maximum Gasteiger partial charge on any atom is 0.513 e. The second-order valence-electron chi connectivity index (χ2n) is 5.94. The zero-order chi connectivity index (χ0) is 19.3. The Morgan fingerprint density at radius 3 is 1.85 bits per heavy atom. The van der Waals surface area contributed by atoms with E-state index in [1.807, 2.05) is 31.2 Å². The molecule has 0 bridgehead atoms. The van der Waals surface area contributed by atoms with E-state index in [4.69, 9.17) is 14.2 Å². The van der Waals surface area contributed by atoms with Crippen molar-refractivity contribution in [2.75, 3.05) is 13.2 Å². The van der Waals surface area contributed by atoms with Gasteiger partial charge in [-0.3, -0.25) is 0 Å². The van der Waals surface area contributed by atoms with Crippen molar-refractivity contribution in [2.24, 2.45) is 10.2 Å². The minimum absolute atomic E-state index is 0.365. The van der Waals surface area contributed by atoms with Crippen LogP contribution in [0.25, 0.3) is 0 Å². The smallest absolute Gasteiger partial charge is 0.494 e. The molecule has 6 heteroatoms. The number of rotatable bonds is 10. The van der Waals surface area contributed by atoms with Crippen LogP contribution in [0.15, 0.2) is 58.8 Å². The van der Waals surface area contributed by atoms with Crippen molar-refractivity contribution in [1.82, 2.24) is 0 Å². The van der Waals surface area contributed by atoms with E-state index in [2.05, 4.69) is 17.2 Å². The Kier molecular flexibility index (Phi) is 8.83. The van der Waals surface area contributed by atoms with Crippen LogP contribution in [0.3, 0.4) is 0 Å². The number of unbranched alkanes of at least 4 members (excludes halogenated alkanes) is 2. The number of ether oxygens (including phenoxy) is 3. The van der Waals surface area contributed by atoms with Crippen molar-refractivity contribution >= 4 is 17.5 Å². The summed E-state index contributed by atoms with van der Waals surface area (Å²) < 4.78 is 15.6. The number of hydrogen-bond donors (Lipinski definition) is 0. The standard InChI is InChI=1S/C21H26N2O4/c1-3-5-15-25-19-11-7-17(8-12-19)22-23-18-9-13-20(14-10-18)27-21(24)26-16-6-4-2/h7-14H,3-6,15-16H2,1-2H3. The number of hydrogen-bond acceptors (Lipinski definition) is 6. The first kappa shape index (κ1) is 20.4. The average molecular weight is 370 g/mol. The van der Waals surface area contributed by atoms with Crippen LogP contribution in [0.4, 0.5) is 16.2 Å². The largest absolute Gasteiger partial charge is 0.513 e. The van der Waals surface area contributed by atoms with E-state index in [1.54, 1.807) is 24.3 Å². The molecule has 144 valence electrons. The first-order valence-corrected chi connectivity index (χ1v) is 9.30. The fourth-order valence-corrected chi connectivity index (χ4v) is 2.07. The van der Waals surface area contributed by atoms with Gasteiger partial charge in [-0.05, 0) is 61.4 Å². The first-order valence-electron chi connectivity index (χ1n) is 9.30. The normalized spacial score (nSPS) is 10.7. The molecule has 0 atom stereocenters. The minimum Gasteiger partial charge on any atom is -0.494 e. The lowest BCUT2D eigenvalue weighted by molar-refractivity contribution is 0.0978. The molecule has 0 saturated carbocycles. The van der Waals surface area contributed by atoms with E-state index in [9.17, 15) is 4.79 Å². The highest BCUT2D eigenvalue weighted by molar-refractivity contribution is 5.64. The fourth-order valence-electron chi connectivity index (χ4n) is 2.07. The van der Waals surface area contributed by atoms with Gasteiger partial charge in [0.1, 0.15) is 11.5 Å². The number of carbonyl (C=O) groups is 1. The zero-order valence-corrected chi connectivity index (χ0v) is 15.9. The van der Waals surface area contributed by atoms with Crippen molar-refractivity contribution < 1.29 is 19.0 Å². The Hall–Kier alpha value is -2.89. The van der Waals surface area contributed by atoms with E-state index in [0.717, 1.165) is 43.7 Å². The molecular formula is C21H26N2O4. The van der Waals surface area contributed by atoms with Gasteiger partial charge in [-0.2, -0.15) is 10.2 Å². The monoisotopic (exact) mass is 370 g/mol. The third-order valence-electron chi connectivity index (χ3n) is 3.64. The molecule has 2 aromatic rings. The zero-order valence-electron chi connectivity index (χ0n) is 15.9. The van der Waals surface area contributed by atoms with Gasteiger partial charge in [0, 0.05) is 0 Å². The van der Waals surface area contributed by atoms with Crippen LogP contribution < -0.4 is 9.47 Å². The van der Waals surface area contributed by atoms with Crippen LogP contribution >= 0.6 is 0 Å². The van der Waals surface area contributed by atoms with Gasteiger partial charge in [-0.1, -0.05) is 26.7 Å². The van der Waals surface area contributed by atoms with Gasteiger partial charge in [0.05, 0.1) is 24.6 Å². The summed E-state index contributed by atoms with van der Waals surface area (Å²) >= 11 is 0. The van der Waals surface area contributed by atoms with Gasteiger partial charge in [-0.25, -0.2) is 4.79 Å². The molecule has 0 aliphatic rings. The molecule has 0 spiro atoms. The SMILES string of the molecule is CCCCOC(=O)Oc1ccc(N=Nc2ccc(OCCCC)cc2)cc1. The average Bonchev–Trinajstić information content (AvgIpc) is 2.69. The molecule has 0 aromatic heterocycles. The summed E-state index contributed by atoms with van der Waals surface area (Å²) in [7, 11) is 0. The summed E-state index contributed by atoms with van der Waals surface area (Å²) in [6.45, 7) is 5.24. The number of benzene rings is 2. The number of carbonyl (C=O) groups excluding carboxylic acids is 1. The van der Waals surface area contributed by atoms with Gasteiger partial charge in [-0.15, -0.1) is 0 Å². The molecule has 0 radical (unpaired) electrons. The molecule has 2 aromatic carbocycles. The topological polar surface area (TPSA) is 69.5 Å². The van der Waals surface area contributed by atoms with Crippen LogP contribution in [0.2, 0.25) is 0 Å². The highest BCUT2D eigenvalue weighted by atomic mass is 16.7. The molecule has 2 rings (SSSR count). The summed E-state index contributed by atoms with van der Waals surface area (Å²) in [6.07, 6.45) is 3.23. The van der Waals surface area contributed by atoms with Crippen molar-refractivity contribution in [2.45, 2.75) is 39.5 Å². The Morgan fingerprint density at radius 2 is 1.30 bits per heavy atom. The number of azo groups is 1. The summed E-state index contributed by atoms with van der Waals surface area (Å²) in [6, 6.07) is 14.2. The van der Waals surface area contributed by atoms with Gasteiger partial charge in [0.15, 0.2) is 0 Å². The molecule has 27 heavy (non-hydrogen) atoms. The summed E-state index contributed by atoms with van der Waals surface area (Å²) in [4.78, 5) is 11.5. The van der Waals surface area contributed by atoms with Crippen LogP contribution in [0.5, 0.6) is 11.5 Å². The fraction of sp³-hybridized carbons (Fsp3) is 0.381. The molecule has 0 fully saturated rings. The van der Waals surface area contributed by atoms with E-state index < -0.39 is 6.16 Å². The first-order chi connectivity index (χ1) is 13.2. The molecule has 0 aliphatic heterocycles. The molecule has 0 saturated heterocycles. The molecule has 0 N–H and O–H groups in total. The van der Waals surface area contributed by atoms with Crippen molar-refractivity contribution in [3.05, 3.63) is 48.5 Å². The second kappa shape index (κ2) is 11.7. The third-order valence-corrected chi connectivity index (χ3v) is 3.64. The summed E-state index contributed by atoms with van der Waals surface area (Å²) in [5, 5.41) is 8.37. The predicted octanol–water partition coefficient (Wildman–Crippen LogP) is 6.60. The van der Waals surface area contributed by atoms with Gasteiger partial charge < -0.3 is 14.2 Å². The molecular weight excluding hydrogens is 344 g/mol. The molecule has 0 amide bonds. The molecule has 0 heterocycles. The molecule has 0 aliphatic carbocycles. The maximum atomic E-state index is 11.5. The van der Waals surface area contributed by atoms with E-state index in [-0.39, 0.29) is 0 Å². The lowest BCUT2D eigenvalue weighted by Gasteiger charge is -2.05. The molecule has 6 nitrogen and oxygen atoms in total. The molecule has 0 unspecified atom stereocenters. The third kappa shape index (κ3) is 7.90. The Labute approximate surface area is 160 Å². The number of nitrogens with zero attached hydrogens (tertiary/aromatic N) is 2. The van der Waals surface area contributed by atoms with Crippen LogP contribution in [0, 0.1) is 0 Å². The van der Waals surface area contributed by atoms with Crippen LogP contribution in [0.1, 0.15) is 39.5 Å². The van der Waals surface area contributed by atoms with E-state index in [1.165, 1.54) is 0 Å². The minimum atomic E-state index is -0.695. The van der Waals surface area contributed by atoms with Crippen LogP contribution in [-0.2, 0) is 4.74 Å². The predicted molar refractivity (Wildman–Crippen MR) is 104 cm³/mol. The quantitative estimate of drug-likeness (QED) is 0.204. The van der Waals surface area contributed by atoms with Crippen LogP contribution in [-0.4, -0.2) is 19.4 Å². The summed E-state index contributed by atoms with van der Waals surface area (Å²) in [5.41, 5.74) is 1.39. The second-order valence-corrected chi connectivity index (χ2v) is 5.94. The highest BCUT2D eigenvalue weighted by Gasteiger charge is 2.05. The van der Waals surface area contributed by atoms with Gasteiger partial charge in [0.25, 0.3) is 0 Å². The van der Waals surface area contributed by atoms with Crippen molar-refractivity contribution in [1.29, 1.82) is 0 Å². The van der Waals surface area contributed by atoms with E-state index >= 15 is 0 Å². The van der Waals surface area contributed by atoms with Gasteiger partial charge >= 0.3 is 6.16 Å². The van der Waals surface area contributed by atoms with Crippen molar-refractivity contribution in [3.8, 4) is 11.5 Å². The Morgan fingerprint density at radius 1 is 0.778 bits per heavy atom.